The van der Waals surface area contributed by atoms with Crippen LogP contribution in [-0.2, 0) is 14.2 Å². The van der Waals surface area contributed by atoms with Gasteiger partial charge in [0.1, 0.15) is 0 Å². The molecule has 252 valence electrons. The zero-order valence-corrected chi connectivity index (χ0v) is 28.2. The Hall–Kier alpha value is -0.280. The lowest BCUT2D eigenvalue weighted by Crippen LogP contribution is -2.63. The third-order valence-electron chi connectivity index (χ3n) is 13.1. The summed E-state index contributed by atoms with van der Waals surface area (Å²) in [6.45, 7) is 12.7. The maximum absolute atomic E-state index is 9.64. The van der Waals surface area contributed by atoms with Crippen molar-refractivity contribution in [2.45, 2.75) is 135 Å². The summed E-state index contributed by atoms with van der Waals surface area (Å²) in [7, 11) is 0. The highest BCUT2D eigenvalue weighted by molar-refractivity contribution is 5.15. The first kappa shape index (κ1) is 35.6. The molecule has 0 bridgehead atoms. The zero-order valence-electron chi connectivity index (χ0n) is 28.2. The fraction of sp³-hybridized carbons (Fsp3) is 1.00. The van der Waals surface area contributed by atoms with Gasteiger partial charge in [-0.05, 0) is 157 Å². The molecule has 0 radical (unpaired) electrons. The number of aliphatic hydroxyl groups is 1. The molecule has 7 nitrogen and oxygen atoms in total. The van der Waals surface area contributed by atoms with Crippen LogP contribution in [-0.4, -0.2) is 69.5 Å². The van der Waals surface area contributed by atoms with Crippen molar-refractivity contribution in [1.29, 1.82) is 0 Å². The van der Waals surface area contributed by atoms with Crippen molar-refractivity contribution >= 4 is 0 Å². The van der Waals surface area contributed by atoms with E-state index in [0.29, 0.717) is 53.1 Å². The van der Waals surface area contributed by atoms with Crippen LogP contribution in [0, 0.1) is 46.3 Å². The van der Waals surface area contributed by atoms with Gasteiger partial charge in [-0.1, -0.05) is 20.8 Å². The molecule has 0 amide bonds. The van der Waals surface area contributed by atoms with Gasteiger partial charge in [0.15, 0.2) is 0 Å². The van der Waals surface area contributed by atoms with Crippen molar-refractivity contribution in [3.8, 4) is 0 Å². The predicted octanol–water partition coefficient (Wildman–Crippen LogP) is 5.65. The van der Waals surface area contributed by atoms with Gasteiger partial charge in [-0.3, -0.25) is 0 Å². The Bertz CT molecular complexity index is 802. The van der Waals surface area contributed by atoms with Crippen molar-refractivity contribution in [3.05, 3.63) is 0 Å². The van der Waals surface area contributed by atoms with E-state index >= 15 is 0 Å². The highest BCUT2D eigenvalue weighted by Gasteiger charge is 2.66. The highest BCUT2D eigenvalue weighted by atomic mass is 16.5. The van der Waals surface area contributed by atoms with E-state index in [1.165, 1.54) is 32.1 Å². The Labute approximate surface area is 264 Å². The average Bonchev–Trinajstić information content (AvgIpc) is 3.37. The van der Waals surface area contributed by atoms with Crippen LogP contribution in [0.3, 0.4) is 0 Å². The molecule has 4 saturated carbocycles. The van der Waals surface area contributed by atoms with Gasteiger partial charge in [0, 0.05) is 31.8 Å². The second-order valence-corrected chi connectivity index (χ2v) is 15.4. The maximum atomic E-state index is 9.64. The van der Waals surface area contributed by atoms with Crippen molar-refractivity contribution in [1.82, 2.24) is 0 Å². The van der Waals surface area contributed by atoms with Crippen LogP contribution < -0.4 is 17.2 Å². The van der Waals surface area contributed by atoms with Crippen molar-refractivity contribution in [3.63, 3.8) is 0 Å². The van der Waals surface area contributed by atoms with Gasteiger partial charge < -0.3 is 36.5 Å². The van der Waals surface area contributed by atoms with Crippen LogP contribution in [0.5, 0.6) is 0 Å². The van der Waals surface area contributed by atoms with Crippen LogP contribution in [0.4, 0.5) is 0 Å². The molecule has 0 aromatic rings. The molecular formula is C36H69N3O4. The number of fused-ring (bicyclic) bond motifs is 5. The fourth-order valence-corrected chi connectivity index (χ4v) is 10.7. The molecule has 0 spiro atoms. The number of aliphatic hydroxyl groups excluding tert-OH is 1. The monoisotopic (exact) mass is 608 g/mol. The summed E-state index contributed by atoms with van der Waals surface area (Å²) in [4.78, 5) is 0. The van der Waals surface area contributed by atoms with Crippen molar-refractivity contribution < 1.29 is 19.3 Å². The summed E-state index contributed by atoms with van der Waals surface area (Å²) in [5.41, 5.74) is 17.9. The molecule has 0 aromatic heterocycles. The zero-order chi connectivity index (χ0) is 30.9. The van der Waals surface area contributed by atoms with Gasteiger partial charge in [0.2, 0.25) is 0 Å². The largest absolute Gasteiger partial charge is 0.396 e. The molecule has 4 rings (SSSR count). The Morgan fingerprint density at radius 2 is 1.40 bits per heavy atom. The van der Waals surface area contributed by atoms with Gasteiger partial charge in [0.05, 0.1) is 18.3 Å². The molecule has 43 heavy (non-hydrogen) atoms. The summed E-state index contributed by atoms with van der Waals surface area (Å²) in [5.74, 6) is 3.68. The first-order chi connectivity index (χ1) is 20.8. The Morgan fingerprint density at radius 1 is 0.744 bits per heavy atom. The first-order valence-electron chi connectivity index (χ1n) is 18.4. The number of ether oxygens (including phenoxy) is 3. The lowest BCUT2D eigenvalue weighted by Gasteiger charge is -2.65. The predicted molar refractivity (Wildman–Crippen MR) is 176 cm³/mol. The minimum atomic E-state index is 0.143. The third kappa shape index (κ3) is 8.00. The van der Waals surface area contributed by atoms with Gasteiger partial charge in [0.25, 0.3) is 0 Å². The number of nitrogens with two attached hydrogens (primary N) is 3. The highest BCUT2D eigenvalue weighted by Crippen LogP contribution is 2.69. The lowest BCUT2D eigenvalue weighted by molar-refractivity contribution is -0.227. The van der Waals surface area contributed by atoms with Crippen LogP contribution in [0.1, 0.15) is 117 Å². The molecule has 4 aliphatic carbocycles. The molecule has 0 saturated heterocycles. The quantitative estimate of drug-likeness (QED) is 0.140. The van der Waals surface area contributed by atoms with Crippen LogP contribution in [0.2, 0.25) is 0 Å². The summed E-state index contributed by atoms with van der Waals surface area (Å²) in [6, 6.07) is 0. The molecule has 0 heterocycles. The summed E-state index contributed by atoms with van der Waals surface area (Å²) < 4.78 is 20.4. The summed E-state index contributed by atoms with van der Waals surface area (Å²) >= 11 is 0. The van der Waals surface area contributed by atoms with E-state index < -0.39 is 0 Å². The Kier molecular flexibility index (Phi) is 14.1. The van der Waals surface area contributed by atoms with Gasteiger partial charge in [-0.25, -0.2) is 0 Å². The van der Waals surface area contributed by atoms with E-state index in [-0.39, 0.29) is 18.1 Å². The number of unbranched alkanes of at least 4 members (excludes halogenated alkanes) is 3. The SMILES string of the molecule is C[C@H](CCCO)[C@H]1CC[C@H]2C3[C@H](OCCCCN)CC4C[C@H](OCCCCN)CC[C@]4(C)[C@H]3C[C@H](OCCCCN)[C@]12C. The van der Waals surface area contributed by atoms with E-state index in [9.17, 15) is 5.11 Å². The van der Waals surface area contributed by atoms with Crippen LogP contribution in [0.15, 0.2) is 0 Å². The normalized spacial score (nSPS) is 39.7. The Balaban J connectivity index is 1.61. The van der Waals surface area contributed by atoms with E-state index in [4.69, 9.17) is 31.4 Å². The van der Waals surface area contributed by atoms with E-state index in [2.05, 4.69) is 20.8 Å². The maximum Gasteiger partial charge on any atom is 0.0637 e. The topological polar surface area (TPSA) is 126 Å². The molecule has 4 fully saturated rings. The second kappa shape index (κ2) is 17.0. The Morgan fingerprint density at radius 3 is 2.05 bits per heavy atom. The van der Waals surface area contributed by atoms with Gasteiger partial charge in [-0.2, -0.15) is 0 Å². The number of hydrogen-bond donors (Lipinski definition) is 4. The number of rotatable bonds is 19. The van der Waals surface area contributed by atoms with Crippen LogP contribution >= 0.6 is 0 Å². The molecule has 11 atom stereocenters. The van der Waals surface area contributed by atoms with Gasteiger partial charge >= 0.3 is 0 Å². The van der Waals surface area contributed by atoms with E-state index in [0.717, 1.165) is 104 Å². The minimum Gasteiger partial charge on any atom is -0.396 e. The lowest BCUT2D eigenvalue weighted by atomic mass is 9.43. The molecule has 7 heteroatoms. The molecule has 7 N–H and O–H groups in total. The molecule has 4 aliphatic rings. The van der Waals surface area contributed by atoms with Crippen molar-refractivity contribution in [2.24, 2.45) is 63.5 Å². The second-order valence-electron chi connectivity index (χ2n) is 15.4. The molecule has 2 unspecified atom stereocenters. The standard InChI is InChI=1S/C36H69N3O4/c1-26(11-10-19-40)29-12-13-30-34-31(25-33(36(29,30)3)43-22-9-6-18-39)35(2)15-14-28(41-20-7-4-16-37)23-27(35)24-32(34)42-21-8-5-17-38/h26-34,40H,4-25,37-39H2,1-3H3/t26-,27?,28-,29-,30+,31+,32-,33+,34?,35+,36-/m1/s1. The summed E-state index contributed by atoms with van der Waals surface area (Å²) in [5, 5.41) is 9.64. The molecular weight excluding hydrogens is 538 g/mol. The fourth-order valence-electron chi connectivity index (χ4n) is 10.7. The minimum absolute atomic E-state index is 0.143. The van der Waals surface area contributed by atoms with Gasteiger partial charge in [-0.15, -0.1) is 0 Å². The molecule has 0 aromatic carbocycles. The number of hydrogen-bond acceptors (Lipinski definition) is 7. The van der Waals surface area contributed by atoms with E-state index in [1.807, 2.05) is 0 Å². The third-order valence-corrected chi connectivity index (χ3v) is 13.1. The van der Waals surface area contributed by atoms with E-state index in [1.54, 1.807) is 0 Å². The summed E-state index contributed by atoms with van der Waals surface area (Å²) in [6.07, 6.45) is 17.7. The molecule has 0 aliphatic heterocycles. The smallest absolute Gasteiger partial charge is 0.0637 e. The van der Waals surface area contributed by atoms with Crippen LogP contribution in [0.25, 0.3) is 0 Å². The first-order valence-corrected chi connectivity index (χ1v) is 18.4. The average molecular weight is 608 g/mol. The van der Waals surface area contributed by atoms with Crippen molar-refractivity contribution in [2.75, 3.05) is 46.1 Å².